The summed E-state index contributed by atoms with van der Waals surface area (Å²) < 4.78 is 0. The Labute approximate surface area is 105 Å². The summed E-state index contributed by atoms with van der Waals surface area (Å²) in [4.78, 5) is 10.0. The number of nitro groups is 1. The van der Waals surface area contributed by atoms with E-state index in [2.05, 4.69) is 24.1 Å². The summed E-state index contributed by atoms with van der Waals surface area (Å²) in [7, 11) is 0. The summed E-state index contributed by atoms with van der Waals surface area (Å²) in [6.07, 6.45) is 1.47. The Hall–Kier alpha value is -2.44. The maximum Gasteiger partial charge on any atom is 0.275 e. The second-order valence-electron chi connectivity index (χ2n) is 3.92. The molecule has 0 unspecified atom stereocenters. The van der Waals surface area contributed by atoms with Crippen molar-refractivity contribution in [2.24, 2.45) is 15.9 Å². The second kappa shape index (κ2) is 6.33. The number of rotatable bonds is 4. The average molecular weight is 249 g/mol. The molecule has 0 aliphatic rings. The normalized spacial score (nSPS) is 12.1. The number of nitrogens with one attached hydrogen (secondary N) is 1. The van der Waals surface area contributed by atoms with Gasteiger partial charge in [-0.15, -0.1) is 5.10 Å². The molecule has 0 amide bonds. The predicted octanol–water partition coefficient (Wildman–Crippen LogP) is 1.24. The van der Waals surface area contributed by atoms with Crippen molar-refractivity contribution in [3.63, 3.8) is 0 Å². The molecule has 0 fully saturated rings. The van der Waals surface area contributed by atoms with Gasteiger partial charge in [-0.2, -0.15) is 5.10 Å². The van der Waals surface area contributed by atoms with Gasteiger partial charge in [-0.1, -0.05) is 43.5 Å². The molecule has 0 saturated carbocycles. The number of benzene rings is 1. The van der Waals surface area contributed by atoms with Gasteiger partial charge in [0.05, 0.1) is 6.21 Å². The van der Waals surface area contributed by atoms with E-state index in [-0.39, 0.29) is 5.96 Å². The van der Waals surface area contributed by atoms with Crippen LogP contribution in [0.15, 0.2) is 34.5 Å². The van der Waals surface area contributed by atoms with Gasteiger partial charge >= 0.3 is 0 Å². The third-order valence-corrected chi connectivity index (χ3v) is 2.18. The van der Waals surface area contributed by atoms with Gasteiger partial charge in [-0.3, -0.25) is 0 Å². The van der Waals surface area contributed by atoms with Crippen molar-refractivity contribution in [2.75, 3.05) is 0 Å². The van der Waals surface area contributed by atoms with Gasteiger partial charge < -0.3 is 5.73 Å². The molecule has 0 aromatic heterocycles. The van der Waals surface area contributed by atoms with Crippen LogP contribution in [-0.4, -0.2) is 17.2 Å². The van der Waals surface area contributed by atoms with E-state index in [0.29, 0.717) is 5.92 Å². The second-order valence-corrected chi connectivity index (χ2v) is 3.92. The topological polar surface area (TPSA) is 106 Å². The number of hydrogen-bond acceptors (Lipinski definition) is 4. The Kier molecular flexibility index (Phi) is 4.79. The molecule has 0 aliphatic carbocycles. The van der Waals surface area contributed by atoms with Gasteiger partial charge in [-0.05, 0) is 17.0 Å². The van der Waals surface area contributed by atoms with Crippen LogP contribution in [-0.2, 0) is 0 Å². The number of hydrogen-bond donors (Lipinski definition) is 2. The molecule has 0 saturated heterocycles. The molecular weight excluding hydrogens is 234 g/mol. The zero-order chi connectivity index (χ0) is 13.5. The lowest BCUT2D eigenvalue weighted by Crippen LogP contribution is -2.35. The highest BCUT2D eigenvalue weighted by Crippen LogP contribution is 2.13. The SMILES string of the molecule is CC(C)c1ccc(C=N/N=C(\N)N[N+](=O)[O-])cc1. The van der Waals surface area contributed by atoms with E-state index in [1.165, 1.54) is 11.8 Å². The van der Waals surface area contributed by atoms with E-state index in [9.17, 15) is 10.1 Å². The minimum Gasteiger partial charge on any atom is -0.364 e. The van der Waals surface area contributed by atoms with Crippen molar-refractivity contribution in [3.8, 4) is 0 Å². The van der Waals surface area contributed by atoms with E-state index < -0.39 is 5.03 Å². The van der Waals surface area contributed by atoms with E-state index in [4.69, 9.17) is 5.73 Å². The van der Waals surface area contributed by atoms with Crippen LogP contribution in [0.3, 0.4) is 0 Å². The van der Waals surface area contributed by atoms with Crippen LogP contribution in [0.25, 0.3) is 0 Å². The quantitative estimate of drug-likeness (QED) is 0.362. The molecular formula is C11H15N5O2. The first-order chi connectivity index (χ1) is 8.49. The Morgan fingerprint density at radius 3 is 2.56 bits per heavy atom. The highest BCUT2D eigenvalue weighted by molar-refractivity contribution is 5.81. The van der Waals surface area contributed by atoms with Crippen molar-refractivity contribution < 1.29 is 5.03 Å². The third kappa shape index (κ3) is 4.60. The standard InChI is InChI=1S/C11H15N5O2/c1-8(2)10-5-3-9(4-6-10)7-13-14-11(12)15-16(17)18/h3-8H,1-2H3,(H3,12,14,15). The summed E-state index contributed by atoms with van der Waals surface area (Å²) in [5.41, 5.74) is 8.95. The first-order valence-corrected chi connectivity index (χ1v) is 5.36. The van der Waals surface area contributed by atoms with Gasteiger partial charge in [0, 0.05) is 0 Å². The molecule has 7 heteroatoms. The molecule has 0 aliphatic heterocycles. The Balaban J connectivity index is 2.64. The summed E-state index contributed by atoms with van der Waals surface area (Å²) in [6.45, 7) is 4.22. The minimum atomic E-state index is -0.800. The molecule has 18 heavy (non-hydrogen) atoms. The molecule has 0 spiro atoms. The maximum absolute atomic E-state index is 10.0. The van der Waals surface area contributed by atoms with Crippen LogP contribution in [0.5, 0.6) is 0 Å². The lowest BCUT2D eigenvalue weighted by atomic mass is 10.0. The zero-order valence-electron chi connectivity index (χ0n) is 10.2. The average Bonchev–Trinajstić information content (AvgIpc) is 2.28. The first kappa shape index (κ1) is 13.6. The Bertz CT molecular complexity index is 465. The summed E-state index contributed by atoms with van der Waals surface area (Å²) >= 11 is 0. The van der Waals surface area contributed by atoms with Crippen LogP contribution in [0.4, 0.5) is 0 Å². The molecule has 0 heterocycles. The summed E-state index contributed by atoms with van der Waals surface area (Å²) in [6, 6.07) is 7.78. The van der Waals surface area contributed by atoms with E-state index in [1.54, 1.807) is 5.43 Å². The van der Waals surface area contributed by atoms with Crippen LogP contribution < -0.4 is 11.2 Å². The van der Waals surface area contributed by atoms with Gasteiger partial charge in [0.25, 0.3) is 5.96 Å². The van der Waals surface area contributed by atoms with E-state index in [0.717, 1.165) is 5.56 Å². The molecule has 1 aromatic rings. The smallest absolute Gasteiger partial charge is 0.275 e. The highest BCUT2D eigenvalue weighted by Gasteiger charge is 1.98. The van der Waals surface area contributed by atoms with Gasteiger partial charge in [-0.25, -0.2) is 10.1 Å². The van der Waals surface area contributed by atoms with Crippen molar-refractivity contribution in [1.29, 1.82) is 0 Å². The van der Waals surface area contributed by atoms with Crippen molar-refractivity contribution in [1.82, 2.24) is 5.43 Å². The molecule has 96 valence electrons. The molecule has 3 N–H and O–H groups in total. The number of hydrazine groups is 1. The molecule has 0 atom stereocenters. The summed E-state index contributed by atoms with van der Waals surface area (Å²) in [5.74, 6) is 0.101. The van der Waals surface area contributed by atoms with E-state index >= 15 is 0 Å². The van der Waals surface area contributed by atoms with Crippen molar-refractivity contribution in [3.05, 3.63) is 45.5 Å². The van der Waals surface area contributed by atoms with Crippen LogP contribution in [0.1, 0.15) is 30.9 Å². The summed E-state index contributed by atoms with van der Waals surface area (Å²) in [5, 5.41) is 16.3. The predicted molar refractivity (Wildman–Crippen MR) is 69.9 cm³/mol. The fourth-order valence-corrected chi connectivity index (χ4v) is 1.24. The van der Waals surface area contributed by atoms with Gasteiger partial charge in [0.2, 0.25) is 0 Å². The molecule has 1 aromatic carbocycles. The molecule has 0 bridgehead atoms. The van der Waals surface area contributed by atoms with Crippen molar-refractivity contribution in [2.45, 2.75) is 19.8 Å². The largest absolute Gasteiger partial charge is 0.364 e. The first-order valence-electron chi connectivity index (χ1n) is 5.36. The molecule has 1 rings (SSSR count). The Morgan fingerprint density at radius 1 is 1.44 bits per heavy atom. The fraction of sp³-hybridized carbons (Fsp3) is 0.273. The highest BCUT2D eigenvalue weighted by atomic mass is 16.7. The minimum absolute atomic E-state index is 0.366. The lowest BCUT2D eigenvalue weighted by molar-refractivity contribution is -0.525. The van der Waals surface area contributed by atoms with Crippen LogP contribution in [0.2, 0.25) is 0 Å². The van der Waals surface area contributed by atoms with Crippen molar-refractivity contribution >= 4 is 12.2 Å². The number of nitrogens with two attached hydrogens (primary N) is 1. The Morgan fingerprint density at radius 2 is 2.06 bits per heavy atom. The van der Waals surface area contributed by atoms with Gasteiger partial charge in [0.1, 0.15) is 0 Å². The van der Waals surface area contributed by atoms with Crippen LogP contribution in [0, 0.1) is 10.1 Å². The number of nitrogens with zero attached hydrogens (tertiary/aromatic N) is 3. The fourth-order valence-electron chi connectivity index (χ4n) is 1.24. The van der Waals surface area contributed by atoms with Gasteiger partial charge in [0.15, 0.2) is 5.03 Å². The lowest BCUT2D eigenvalue weighted by Gasteiger charge is -2.03. The third-order valence-electron chi connectivity index (χ3n) is 2.18. The number of guanidine groups is 1. The monoisotopic (exact) mass is 249 g/mol. The van der Waals surface area contributed by atoms with E-state index in [1.807, 2.05) is 24.3 Å². The van der Waals surface area contributed by atoms with Crippen LogP contribution >= 0.6 is 0 Å². The molecule has 0 radical (unpaired) electrons. The maximum atomic E-state index is 10.0. The molecule has 7 nitrogen and oxygen atoms in total. The zero-order valence-corrected chi connectivity index (χ0v) is 10.2.